The molecule has 0 spiro atoms. The van der Waals surface area contributed by atoms with Crippen molar-refractivity contribution in [3.05, 3.63) is 82.9 Å². The number of phenolic OH excluding ortho intramolecular Hbond substituents is 2. The summed E-state index contributed by atoms with van der Waals surface area (Å²) < 4.78 is 0. The van der Waals surface area contributed by atoms with Crippen molar-refractivity contribution in [1.29, 1.82) is 0 Å². The first-order chi connectivity index (χ1) is 18.2. The molecule has 4 aromatic carbocycles. The summed E-state index contributed by atoms with van der Waals surface area (Å²) in [5.74, 6) is 0.270. The molecule has 6 nitrogen and oxygen atoms in total. The SMILES string of the molecule is Cc1cc(O)c(C=N[C@@H](C)CO)cc1-c1cccc2cccc(-c3cc(C=N[C@@H](C)CO)c(O)cc3C)c12. The molecule has 0 saturated heterocycles. The van der Waals surface area contributed by atoms with Gasteiger partial charge in [0.15, 0.2) is 0 Å². The van der Waals surface area contributed by atoms with Crippen molar-refractivity contribution in [3.8, 4) is 33.8 Å². The molecule has 0 aromatic heterocycles. The summed E-state index contributed by atoms with van der Waals surface area (Å²) in [6.07, 6.45) is 3.21. The predicted octanol–water partition coefficient (Wildman–Crippen LogP) is 5.80. The van der Waals surface area contributed by atoms with Crippen LogP contribution in [0.3, 0.4) is 0 Å². The van der Waals surface area contributed by atoms with E-state index in [4.69, 9.17) is 0 Å². The van der Waals surface area contributed by atoms with Gasteiger partial charge in [0.05, 0.1) is 25.3 Å². The quantitative estimate of drug-likeness (QED) is 0.225. The molecule has 6 heteroatoms. The number of aliphatic imine (C=N–C) groups is 2. The highest BCUT2D eigenvalue weighted by molar-refractivity contribution is 6.08. The average Bonchev–Trinajstić information content (AvgIpc) is 2.91. The van der Waals surface area contributed by atoms with Gasteiger partial charge in [-0.3, -0.25) is 9.98 Å². The number of aromatic hydroxyl groups is 2. The third-order valence-corrected chi connectivity index (χ3v) is 6.70. The second-order valence-corrected chi connectivity index (χ2v) is 9.78. The normalized spacial score (nSPS) is 13.5. The van der Waals surface area contributed by atoms with Gasteiger partial charge in [0.25, 0.3) is 0 Å². The van der Waals surface area contributed by atoms with Crippen molar-refractivity contribution < 1.29 is 20.4 Å². The Bertz CT molecular complexity index is 1410. The van der Waals surface area contributed by atoms with Gasteiger partial charge >= 0.3 is 0 Å². The highest BCUT2D eigenvalue weighted by Gasteiger charge is 2.16. The van der Waals surface area contributed by atoms with Crippen LogP contribution in [0.15, 0.2) is 70.6 Å². The first-order valence-corrected chi connectivity index (χ1v) is 12.7. The number of aliphatic hydroxyl groups excluding tert-OH is 2. The van der Waals surface area contributed by atoms with Crippen LogP contribution in [0.4, 0.5) is 0 Å². The lowest BCUT2D eigenvalue weighted by molar-refractivity contribution is 0.274. The summed E-state index contributed by atoms with van der Waals surface area (Å²) in [5, 5.41) is 42.0. The molecule has 4 aromatic rings. The van der Waals surface area contributed by atoms with Crippen LogP contribution in [-0.2, 0) is 0 Å². The number of nitrogens with zero attached hydrogens (tertiary/aromatic N) is 2. The molecule has 0 saturated carbocycles. The van der Waals surface area contributed by atoms with Gasteiger partial charge in [-0.25, -0.2) is 0 Å². The van der Waals surface area contributed by atoms with Crippen molar-refractivity contribution in [2.75, 3.05) is 13.2 Å². The number of rotatable bonds is 8. The van der Waals surface area contributed by atoms with Crippen molar-refractivity contribution in [2.45, 2.75) is 39.8 Å². The first kappa shape index (κ1) is 27.0. The fourth-order valence-electron chi connectivity index (χ4n) is 4.51. The molecule has 4 N–H and O–H groups in total. The Morgan fingerprint density at radius 1 is 0.658 bits per heavy atom. The fraction of sp³-hybridized carbons (Fsp3) is 0.250. The maximum absolute atomic E-state index is 10.6. The van der Waals surface area contributed by atoms with Crippen LogP contribution in [0.25, 0.3) is 33.0 Å². The Labute approximate surface area is 223 Å². The standard InChI is InChI=1S/C32H34N2O4/c1-19-11-30(37)24(15-33-21(3)17-35)13-28(19)26-9-5-7-23-8-6-10-27(32(23)26)29-14-25(16-34-22(4)18-36)31(38)12-20(29)2/h5-16,21-22,35-38H,17-18H2,1-4H3/t21-,22-/m0/s1. The van der Waals surface area contributed by atoms with Crippen molar-refractivity contribution in [2.24, 2.45) is 9.98 Å². The Morgan fingerprint density at radius 3 is 1.47 bits per heavy atom. The molecule has 196 valence electrons. The van der Waals surface area contributed by atoms with E-state index in [9.17, 15) is 20.4 Å². The highest BCUT2D eigenvalue weighted by Crippen LogP contribution is 2.41. The molecule has 0 aliphatic heterocycles. The lowest BCUT2D eigenvalue weighted by atomic mass is 9.87. The van der Waals surface area contributed by atoms with Crippen LogP contribution >= 0.6 is 0 Å². The van der Waals surface area contributed by atoms with Gasteiger partial charge in [-0.2, -0.15) is 0 Å². The summed E-state index contributed by atoms with van der Waals surface area (Å²) in [4.78, 5) is 8.69. The van der Waals surface area contributed by atoms with E-state index < -0.39 is 0 Å². The molecule has 4 rings (SSSR count). The molecule has 0 aliphatic rings. The number of phenols is 2. The van der Waals surface area contributed by atoms with Crippen molar-refractivity contribution in [1.82, 2.24) is 0 Å². The van der Waals surface area contributed by atoms with E-state index in [0.717, 1.165) is 44.2 Å². The molecule has 0 aliphatic carbocycles. The number of benzene rings is 4. The molecule has 0 radical (unpaired) electrons. The molecule has 2 atom stereocenters. The average molecular weight is 511 g/mol. The number of aliphatic hydroxyl groups is 2. The topological polar surface area (TPSA) is 106 Å². The Balaban J connectivity index is 1.95. The fourth-order valence-corrected chi connectivity index (χ4v) is 4.51. The van der Waals surface area contributed by atoms with Gasteiger partial charge in [0.1, 0.15) is 11.5 Å². The predicted molar refractivity (Wildman–Crippen MR) is 156 cm³/mol. The minimum atomic E-state index is -0.265. The largest absolute Gasteiger partial charge is 0.507 e. The maximum atomic E-state index is 10.6. The zero-order chi connectivity index (χ0) is 27.4. The zero-order valence-electron chi connectivity index (χ0n) is 22.2. The van der Waals surface area contributed by atoms with Gasteiger partial charge in [-0.05, 0) is 96.1 Å². The minimum absolute atomic E-state index is 0.0692. The molecular formula is C32H34N2O4. The first-order valence-electron chi connectivity index (χ1n) is 12.7. The number of hydrogen-bond donors (Lipinski definition) is 4. The smallest absolute Gasteiger partial charge is 0.124 e. The zero-order valence-corrected chi connectivity index (χ0v) is 22.2. The lowest BCUT2D eigenvalue weighted by Gasteiger charge is -2.17. The van der Waals surface area contributed by atoms with E-state index in [1.54, 1.807) is 24.6 Å². The van der Waals surface area contributed by atoms with Crippen LogP contribution in [0.5, 0.6) is 11.5 Å². The maximum Gasteiger partial charge on any atom is 0.124 e. The second kappa shape index (κ2) is 11.6. The van der Waals surface area contributed by atoms with E-state index >= 15 is 0 Å². The van der Waals surface area contributed by atoms with E-state index in [1.165, 1.54) is 0 Å². The van der Waals surface area contributed by atoms with Crippen molar-refractivity contribution in [3.63, 3.8) is 0 Å². The summed E-state index contributed by atoms with van der Waals surface area (Å²) in [6, 6.07) is 19.2. The van der Waals surface area contributed by atoms with E-state index in [0.29, 0.717) is 11.1 Å². The summed E-state index contributed by atoms with van der Waals surface area (Å²) in [5.41, 5.74) is 6.96. The van der Waals surface area contributed by atoms with Crippen LogP contribution in [0.1, 0.15) is 36.1 Å². The number of aryl methyl sites for hydroxylation is 2. The molecular weight excluding hydrogens is 476 g/mol. The van der Waals surface area contributed by atoms with Crippen LogP contribution in [0.2, 0.25) is 0 Å². The van der Waals surface area contributed by atoms with Crippen molar-refractivity contribution >= 4 is 23.2 Å². The Morgan fingerprint density at radius 2 is 1.08 bits per heavy atom. The summed E-state index contributed by atoms with van der Waals surface area (Å²) in [7, 11) is 0. The molecule has 38 heavy (non-hydrogen) atoms. The summed E-state index contributed by atoms with van der Waals surface area (Å²) >= 11 is 0. The monoisotopic (exact) mass is 510 g/mol. The van der Waals surface area contributed by atoms with Gasteiger partial charge in [-0.15, -0.1) is 0 Å². The van der Waals surface area contributed by atoms with Gasteiger partial charge in [0, 0.05) is 23.6 Å². The minimum Gasteiger partial charge on any atom is -0.507 e. The molecule has 0 bridgehead atoms. The number of hydrogen-bond acceptors (Lipinski definition) is 6. The molecule has 0 heterocycles. The molecule has 0 amide bonds. The number of fused-ring (bicyclic) bond motifs is 1. The molecule has 0 fully saturated rings. The van der Waals surface area contributed by atoms with Crippen LogP contribution < -0.4 is 0 Å². The Kier molecular flexibility index (Phi) is 8.25. The van der Waals surface area contributed by atoms with Gasteiger partial charge in [0.2, 0.25) is 0 Å². The van der Waals surface area contributed by atoms with Gasteiger partial charge in [-0.1, -0.05) is 36.4 Å². The van der Waals surface area contributed by atoms with Crippen LogP contribution in [0, 0.1) is 13.8 Å². The Hall–Kier alpha value is -4.00. The summed E-state index contributed by atoms with van der Waals surface area (Å²) in [6.45, 7) is 7.42. The van der Waals surface area contributed by atoms with E-state index in [-0.39, 0.29) is 36.8 Å². The van der Waals surface area contributed by atoms with E-state index in [2.05, 4.69) is 34.3 Å². The second-order valence-electron chi connectivity index (χ2n) is 9.78. The van der Waals surface area contributed by atoms with Gasteiger partial charge < -0.3 is 20.4 Å². The van der Waals surface area contributed by atoms with E-state index in [1.807, 2.05) is 52.0 Å². The van der Waals surface area contributed by atoms with Crippen LogP contribution in [-0.4, -0.2) is 58.2 Å². The highest BCUT2D eigenvalue weighted by atomic mass is 16.3. The third-order valence-electron chi connectivity index (χ3n) is 6.70. The molecule has 0 unspecified atom stereocenters. The lowest BCUT2D eigenvalue weighted by Crippen LogP contribution is -2.04. The third kappa shape index (κ3) is 5.62.